The standard InChI is InChI=1S/C13H11ClN2O5S/c1-21-10-4-2-3-9(7-10)15-22(19,20)11-5-6-12(14)13(8-11)16(17)18/h2-8,15H,1H3. The van der Waals surface area contributed by atoms with E-state index >= 15 is 0 Å². The van der Waals surface area contributed by atoms with Crippen molar-refractivity contribution in [2.24, 2.45) is 0 Å². The number of methoxy groups -OCH3 is 1. The number of anilines is 1. The molecule has 116 valence electrons. The largest absolute Gasteiger partial charge is 0.497 e. The van der Waals surface area contributed by atoms with Crippen LogP contribution in [0.4, 0.5) is 11.4 Å². The van der Waals surface area contributed by atoms with E-state index < -0.39 is 20.6 Å². The van der Waals surface area contributed by atoms with Gasteiger partial charge in [-0.25, -0.2) is 8.42 Å². The van der Waals surface area contributed by atoms with Gasteiger partial charge in [0.15, 0.2) is 0 Å². The second-order valence-electron chi connectivity index (χ2n) is 4.21. The van der Waals surface area contributed by atoms with Crippen LogP contribution in [-0.2, 0) is 10.0 Å². The Morgan fingerprint density at radius 3 is 2.59 bits per heavy atom. The minimum atomic E-state index is -3.98. The molecule has 0 aliphatic heterocycles. The molecule has 7 nitrogen and oxygen atoms in total. The summed E-state index contributed by atoms with van der Waals surface area (Å²) < 4.78 is 31.9. The minimum absolute atomic E-state index is 0.134. The minimum Gasteiger partial charge on any atom is -0.497 e. The van der Waals surface area contributed by atoms with Gasteiger partial charge in [-0.15, -0.1) is 0 Å². The van der Waals surface area contributed by atoms with Crippen molar-refractivity contribution in [3.8, 4) is 5.75 Å². The van der Waals surface area contributed by atoms with Crippen LogP contribution in [0.3, 0.4) is 0 Å². The second-order valence-corrected chi connectivity index (χ2v) is 6.30. The molecule has 0 fully saturated rings. The molecule has 2 rings (SSSR count). The van der Waals surface area contributed by atoms with Crippen LogP contribution in [0.5, 0.6) is 5.75 Å². The summed E-state index contributed by atoms with van der Waals surface area (Å²) in [5.41, 5.74) is -0.202. The van der Waals surface area contributed by atoms with Crippen molar-refractivity contribution in [1.82, 2.24) is 0 Å². The topological polar surface area (TPSA) is 98.5 Å². The van der Waals surface area contributed by atoms with Gasteiger partial charge in [-0.05, 0) is 24.3 Å². The van der Waals surface area contributed by atoms with E-state index in [0.717, 1.165) is 6.07 Å². The van der Waals surface area contributed by atoms with Gasteiger partial charge in [-0.2, -0.15) is 0 Å². The number of ether oxygens (including phenoxy) is 1. The fourth-order valence-corrected chi connectivity index (χ4v) is 2.96. The van der Waals surface area contributed by atoms with Crippen LogP contribution in [0.1, 0.15) is 0 Å². The molecule has 0 saturated carbocycles. The number of hydrogen-bond acceptors (Lipinski definition) is 5. The van der Waals surface area contributed by atoms with E-state index in [1.54, 1.807) is 12.1 Å². The molecular weight excluding hydrogens is 332 g/mol. The normalized spacial score (nSPS) is 11.0. The summed E-state index contributed by atoms with van der Waals surface area (Å²) >= 11 is 5.67. The van der Waals surface area contributed by atoms with Crippen LogP contribution in [-0.4, -0.2) is 20.5 Å². The molecule has 0 aromatic heterocycles. The summed E-state index contributed by atoms with van der Waals surface area (Å²) in [7, 11) is -2.53. The molecule has 0 unspecified atom stereocenters. The summed E-state index contributed by atoms with van der Waals surface area (Å²) in [6, 6.07) is 9.56. The van der Waals surface area contributed by atoms with Crippen molar-refractivity contribution < 1.29 is 18.1 Å². The lowest BCUT2D eigenvalue weighted by Gasteiger charge is -2.09. The Kier molecular flexibility index (Phi) is 4.53. The number of nitro benzene ring substituents is 1. The molecule has 0 aliphatic rings. The number of rotatable bonds is 5. The lowest BCUT2D eigenvalue weighted by molar-refractivity contribution is -0.384. The molecule has 0 bridgehead atoms. The van der Waals surface area contributed by atoms with Crippen molar-refractivity contribution in [3.63, 3.8) is 0 Å². The number of sulfonamides is 1. The first kappa shape index (κ1) is 16.1. The predicted octanol–water partition coefficient (Wildman–Crippen LogP) is 3.06. The van der Waals surface area contributed by atoms with Gasteiger partial charge in [0.1, 0.15) is 10.8 Å². The Labute approximate surface area is 131 Å². The van der Waals surface area contributed by atoms with E-state index in [1.165, 1.54) is 31.4 Å². The number of nitro groups is 1. The molecule has 2 aromatic rings. The second kappa shape index (κ2) is 6.20. The molecule has 0 aliphatic carbocycles. The Balaban J connectivity index is 2.38. The van der Waals surface area contributed by atoms with Crippen molar-refractivity contribution in [1.29, 1.82) is 0 Å². The number of nitrogens with zero attached hydrogens (tertiary/aromatic N) is 1. The van der Waals surface area contributed by atoms with Gasteiger partial charge in [0, 0.05) is 12.1 Å². The maximum atomic E-state index is 12.3. The van der Waals surface area contributed by atoms with Gasteiger partial charge < -0.3 is 4.74 Å². The number of hydrogen-bond donors (Lipinski definition) is 1. The fraction of sp³-hybridized carbons (Fsp3) is 0.0769. The quantitative estimate of drug-likeness (QED) is 0.665. The Morgan fingerprint density at radius 1 is 1.23 bits per heavy atom. The zero-order chi connectivity index (χ0) is 16.3. The molecule has 2 aromatic carbocycles. The molecular formula is C13H11ClN2O5S. The highest BCUT2D eigenvalue weighted by atomic mass is 35.5. The van der Waals surface area contributed by atoms with Crippen molar-refractivity contribution in [2.75, 3.05) is 11.8 Å². The van der Waals surface area contributed by atoms with E-state index in [-0.39, 0.29) is 15.6 Å². The molecule has 0 saturated heterocycles. The average Bonchev–Trinajstić information content (AvgIpc) is 2.46. The smallest absolute Gasteiger partial charge is 0.289 e. The number of benzene rings is 2. The lowest BCUT2D eigenvalue weighted by atomic mass is 10.3. The lowest BCUT2D eigenvalue weighted by Crippen LogP contribution is -2.13. The molecule has 0 amide bonds. The van der Waals surface area contributed by atoms with Gasteiger partial charge in [0.05, 0.1) is 22.6 Å². The summed E-state index contributed by atoms with van der Waals surface area (Å²) in [6.07, 6.45) is 0. The van der Waals surface area contributed by atoms with Crippen LogP contribution < -0.4 is 9.46 Å². The predicted molar refractivity (Wildman–Crippen MR) is 81.9 cm³/mol. The third-order valence-electron chi connectivity index (χ3n) is 2.75. The van der Waals surface area contributed by atoms with E-state index in [4.69, 9.17) is 16.3 Å². The highest BCUT2D eigenvalue weighted by Gasteiger charge is 2.20. The summed E-state index contributed by atoms with van der Waals surface area (Å²) in [6.45, 7) is 0. The SMILES string of the molecule is COc1cccc(NS(=O)(=O)c2ccc(Cl)c([N+](=O)[O-])c2)c1. The highest BCUT2D eigenvalue weighted by Crippen LogP contribution is 2.28. The summed E-state index contributed by atoms with van der Waals surface area (Å²) in [4.78, 5) is 9.83. The van der Waals surface area contributed by atoms with Crippen molar-refractivity contribution in [3.05, 3.63) is 57.6 Å². The Hall–Kier alpha value is -2.32. The van der Waals surface area contributed by atoms with Gasteiger partial charge in [0.2, 0.25) is 0 Å². The van der Waals surface area contributed by atoms with Crippen LogP contribution in [0, 0.1) is 10.1 Å². The average molecular weight is 343 g/mol. The number of nitrogens with one attached hydrogen (secondary N) is 1. The zero-order valence-electron chi connectivity index (χ0n) is 11.3. The Morgan fingerprint density at radius 2 is 1.95 bits per heavy atom. The van der Waals surface area contributed by atoms with Crippen molar-refractivity contribution in [2.45, 2.75) is 4.90 Å². The molecule has 0 radical (unpaired) electrons. The molecule has 0 atom stereocenters. The Bertz CT molecular complexity index is 823. The molecule has 0 spiro atoms. The van der Waals surface area contributed by atoms with Gasteiger partial charge in [-0.3, -0.25) is 14.8 Å². The van der Waals surface area contributed by atoms with Gasteiger partial charge in [0.25, 0.3) is 15.7 Å². The van der Waals surface area contributed by atoms with Gasteiger partial charge >= 0.3 is 0 Å². The third-order valence-corrected chi connectivity index (χ3v) is 4.45. The van der Waals surface area contributed by atoms with Crippen LogP contribution >= 0.6 is 11.6 Å². The van der Waals surface area contributed by atoms with Gasteiger partial charge in [-0.1, -0.05) is 17.7 Å². The third kappa shape index (κ3) is 3.46. The van der Waals surface area contributed by atoms with Crippen LogP contribution in [0.25, 0.3) is 0 Å². The summed E-state index contributed by atoms with van der Waals surface area (Å²) in [5.74, 6) is 0.474. The highest BCUT2D eigenvalue weighted by molar-refractivity contribution is 7.92. The molecule has 9 heteroatoms. The number of halogens is 1. The molecule has 22 heavy (non-hydrogen) atoms. The summed E-state index contributed by atoms with van der Waals surface area (Å²) in [5, 5.41) is 10.7. The first-order valence-electron chi connectivity index (χ1n) is 5.94. The maximum absolute atomic E-state index is 12.3. The van der Waals surface area contributed by atoms with E-state index in [2.05, 4.69) is 4.72 Å². The van der Waals surface area contributed by atoms with E-state index in [0.29, 0.717) is 5.75 Å². The van der Waals surface area contributed by atoms with Crippen LogP contribution in [0.15, 0.2) is 47.4 Å². The molecule has 1 N–H and O–H groups in total. The molecule has 0 heterocycles. The maximum Gasteiger partial charge on any atom is 0.289 e. The first-order chi connectivity index (χ1) is 10.3. The first-order valence-corrected chi connectivity index (χ1v) is 7.80. The zero-order valence-corrected chi connectivity index (χ0v) is 12.9. The monoisotopic (exact) mass is 342 g/mol. The van der Waals surface area contributed by atoms with E-state index in [1.807, 2.05) is 0 Å². The van der Waals surface area contributed by atoms with Crippen LogP contribution in [0.2, 0.25) is 5.02 Å². The van der Waals surface area contributed by atoms with Crippen molar-refractivity contribution >= 4 is 33.0 Å². The van der Waals surface area contributed by atoms with E-state index in [9.17, 15) is 18.5 Å². The fourth-order valence-electron chi connectivity index (χ4n) is 1.70.